The highest BCUT2D eigenvalue weighted by Gasteiger charge is 2.02. The molecule has 0 bridgehead atoms. The summed E-state index contributed by atoms with van der Waals surface area (Å²) >= 11 is 0. The number of unbranched alkanes of at least 4 members (excludes halogenated alkanes) is 1. The summed E-state index contributed by atoms with van der Waals surface area (Å²) in [6.45, 7) is 4.38. The molecule has 1 atom stereocenters. The summed E-state index contributed by atoms with van der Waals surface area (Å²) in [5.74, 6) is 1.54. The third-order valence-electron chi connectivity index (χ3n) is 2.26. The van der Waals surface area contributed by atoms with E-state index in [2.05, 4.69) is 34.4 Å². The summed E-state index contributed by atoms with van der Waals surface area (Å²) in [5, 5.41) is 6.28. The van der Waals surface area contributed by atoms with Crippen LogP contribution in [0.15, 0.2) is 12.3 Å². The van der Waals surface area contributed by atoms with Crippen molar-refractivity contribution in [2.24, 2.45) is 0 Å². The van der Waals surface area contributed by atoms with Crippen molar-refractivity contribution < 1.29 is 0 Å². The lowest BCUT2D eigenvalue weighted by Gasteiger charge is -2.14. The van der Waals surface area contributed by atoms with Gasteiger partial charge < -0.3 is 10.6 Å². The van der Waals surface area contributed by atoms with E-state index in [1.165, 1.54) is 19.3 Å². The van der Waals surface area contributed by atoms with Crippen LogP contribution < -0.4 is 10.6 Å². The lowest BCUT2D eigenvalue weighted by Crippen LogP contribution is -2.16. The molecule has 0 saturated carbocycles. The molecule has 1 aromatic rings. The summed E-state index contributed by atoms with van der Waals surface area (Å²) in [4.78, 5) is 8.37. The highest BCUT2D eigenvalue weighted by atomic mass is 15.1. The zero-order valence-electron chi connectivity index (χ0n) is 9.75. The fourth-order valence-electron chi connectivity index (χ4n) is 1.39. The number of anilines is 2. The van der Waals surface area contributed by atoms with E-state index in [9.17, 15) is 0 Å². The Labute approximate surface area is 91.5 Å². The van der Waals surface area contributed by atoms with Gasteiger partial charge in [-0.25, -0.2) is 4.98 Å². The van der Waals surface area contributed by atoms with Gasteiger partial charge in [-0.3, -0.25) is 0 Å². The number of nitrogens with zero attached hydrogens (tertiary/aromatic N) is 2. The Morgan fingerprint density at radius 1 is 1.47 bits per heavy atom. The highest BCUT2D eigenvalue weighted by molar-refractivity contribution is 5.39. The fraction of sp³-hybridized carbons (Fsp3) is 0.636. The first-order valence-corrected chi connectivity index (χ1v) is 5.53. The Balaban J connectivity index is 2.48. The molecule has 2 N–H and O–H groups in total. The van der Waals surface area contributed by atoms with E-state index in [0.29, 0.717) is 12.0 Å². The van der Waals surface area contributed by atoms with Gasteiger partial charge in [0.15, 0.2) is 0 Å². The van der Waals surface area contributed by atoms with Crippen molar-refractivity contribution in [2.75, 3.05) is 17.7 Å². The summed E-state index contributed by atoms with van der Waals surface area (Å²) in [5.41, 5.74) is 0. The molecule has 0 aromatic carbocycles. The molecule has 1 heterocycles. The number of rotatable bonds is 6. The van der Waals surface area contributed by atoms with E-state index < -0.39 is 0 Å². The Kier molecular flexibility index (Phi) is 4.87. The molecule has 0 radical (unpaired) electrons. The standard InChI is InChI=1S/C11H20N4/c1-4-5-6-9(2)14-10-7-8-13-11(12-3)15-10/h7-9H,4-6H2,1-3H3,(H2,12,13,14,15). The molecule has 84 valence electrons. The first-order valence-electron chi connectivity index (χ1n) is 5.53. The molecule has 0 aliphatic heterocycles. The molecule has 0 amide bonds. The van der Waals surface area contributed by atoms with Crippen LogP contribution in [0.25, 0.3) is 0 Å². The van der Waals surface area contributed by atoms with Gasteiger partial charge in [-0.05, 0) is 19.4 Å². The predicted octanol–water partition coefficient (Wildman–Crippen LogP) is 2.51. The number of hydrogen-bond donors (Lipinski definition) is 2. The van der Waals surface area contributed by atoms with E-state index >= 15 is 0 Å². The van der Waals surface area contributed by atoms with E-state index in [1.807, 2.05) is 13.1 Å². The van der Waals surface area contributed by atoms with Crippen molar-refractivity contribution in [3.63, 3.8) is 0 Å². The van der Waals surface area contributed by atoms with E-state index in [1.54, 1.807) is 6.20 Å². The summed E-state index contributed by atoms with van der Waals surface area (Å²) in [6, 6.07) is 2.35. The van der Waals surface area contributed by atoms with Crippen LogP contribution in [0.3, 0.4) is 0 Å². The van der Waals surface area contributed by atoms with Crippen LogP contribution >= 0.6 is 0 Å². The van der Waals surface area contributed by atoms with Crippen molar-refractivity contribution in [1.82, 2.24) is 9.97 Å². The third-order valence-corrected chi connectivity index (χ3v) is 2.26. The van der Waals surface area contributed by atoms with Crippen LogP contribution in [-0.2, 0) is 0 Å². The molecule has 0 aliphatic carbocycles. The largest absolute Gasteiger partial charge is 0.367 e. The molecular weight excluding hydrogens is 188 g/mol. The highest BCUT2D eigenvalue weighted by Crippen LogP contribution is 2.09. The van der Waals surface area contributed by atoms with Crippen molar-refractivity contribution in [2.45, 2.75) is 39.2 Å². The molecule has 1 rings (SSSR count). The van der Waals surface area contributed by atoms with Crippen LogP contribution in [0.2, 0.25) is 0 Å². The minimum absolute atomic E-state index is 0.463. The molecule has 0 aliphatic rings. The van der Waals surface area contributed by atoms with E-state index in [-0.39, 0.29) is 0 Å². The van der Waals surface area contributed by atoms with Crippen molar-refractivity contribution >= 4 is 11.8 Å². The van der Waals surface area contributed by atoms with Crippen molar-refractivity contribution in [1.29, 1.82) is 0 Å². The zero-order chi connectivity index (χ0) is 11.1. The van der Waals surface area contributed by atoms with Gasteiger partial charge in [0.1, 0.15) is 5.82 Å². The van der Waals surface area contributed by atoms with Gasteiger partial charge in [0.05, 0.1) is 0 Å². The molecule has 1 aromatic heterocycles. The van der Waals surface area contributed by atoms with Gasteiger partial charge in [-0.2, -0.15) is 4.98 Å². The van der Waals surface area contributed by atoms with Gasteiger partial charge in [0.25, 0.3) is 0 Å². The van der Waals surface area contributed by atoms with Crippen molar-refractivity contribution in [3.8, 4) is 0 Å². The third kappa shape index (κ3) is 4.14. The number of aromatic nitrogens is 2. The molecule has 1 unspecified atom stereocenters. The lowest BCUT2D eigenvalue weighted by molar-refractivity contribution is 0.643. The topological polar surface area (TPSA) is 49.8 Å². The number of nitrogens with one attached hydrogen (secondary N) is 2. The van der Waals surface area contributed by atoms with E-state index in [4.69, 9.17) is 0 Å². The quantitative estimate of drug-likeness (QED) is 0.754. The SMILES string of the molecule is CCCCC(C)Nc1ccnc(NC)n1. The van der Waals surface area contributed by atoms with Crippen LogP contribution in [0.5, 0.6) is 0 Å². The summed E-state index contributed by atoms with van der Waals surface area (Å²) in [7, 11) is 1.82. The Morgan fingerprint density at radius 3 is 2.93 bits per heavy atom. The lowest BCUT2D eigenvalue weighted by atomic mass is 10.1. The summed E-state index contributed by atoms with van der Waals surface area (Å²) < 4.78 is 0. The predicted molar refractivity (Wildman–Crippen MR) is 64.2 cm³/mol. The smallest absolute Gasteiger partial charge is 0.224 e. The molecule has 4 nitrogen and oxygen atoms in total. The normalized spacial score (nSPS) is 12.2. The second-order valence-electron chi connectivity index (χ2n) is 3.70. The first-order chi connectivity index (χ1) is 7.26. The average molecular weight is 208 g/mol. The molecule has 0 spiro atoms. The second-order valence-corrected chi connectivity index (χ2v) is 3.70. The molecule has 4 heteroatoms. The Bertz CT molecular complexity index is 288. The maximum atomic E-state index is 4.31. The monoisotopic (exact) mass is 208 g/mol. The molecule has 0 saturated heterocycles. The van der Waals surface area contributed by atoms with Gasteiger partial charge in [-0.1, -0.05) is 19.8 Å². The maximum Gasteiger partial charge on any atom is 0.224 e. The fourth-order valence-corrected chi connectivity index (χ4v) is 1.39. The second kappa shape index (κ2) is 6.22. The van der Waals surface area contributed by atoms with Crippen molar-refractivity contribution in [3.05, 3.63) is 12.3 Å². The Morgan fingerprint density at radius 2 is 2.27 bits per heavy atom. The van der Waals surface area contributed by atoms with Gasteiger partial charge in [-0.15, -0.1) is 0 Å². The van der Waals surface area contributed by atoms with Gasteiger partial charge >= 0.3 is 0 Å². The molecule has 0 fully saturated rings. The molecule has 15 heavy (non-hydrogen) atoms. The zero-order valence-corrected chi connectivity index (χ0v) is 9.75. The van der Waals surface area contributed by atoms with Crippen LogP contribution in [0, 0.1) is 0 Å². The minimum Gasteiger partial charge on any atom is -0.367 e. The van der Waals surface area contributed by atoms with Crippen LogP contribution in [0.1, 0.15) is 33.1 Å². The summed E-state index contributed by atoms with van der Waals surface area (Å²) in [6.07, 6.45) is 5.42. The first kappa shape index (κ1) is 11.8. The Hall–Kier alpha value is -1.32. The average Bonchev–Trinajstić information content (AvgIpc) is 2.26. The van der Waals surface area contributed by atoms with Gasteiger partial charge in [0.2, 0.25) is 5.95 Å². The van der Waals surface area contributed by atoms with Crippen LogP contribution in [-0.4, -0.2) is 23.1 Å². The van der Waals surface area contributed by atoms with Crippen LogP contribution in [0.4, 0.5) is 11.8 Å². The number of hydrogen-bond acceptors (Lipinski definition) is 4. The minimum atomic E-state index is 0.463. The van der Waals surface area contributed by atoms with E-state index in [0.717, 1.165) is 5.82 Å². The van der Waals surface area contributed by atoms with Gasteiger partial charge in [0, 0.05) is 19.3 Å². The molecular formula is C11H20N4. The maximum absolute atomic E-state index is 4.31.